The fourth-order valence-electron chi connectivity index (χ4n) is 4.56. The summed E-state index contributed by atoms with van der Waals surface area (Å²) in [5.41, 5.74) is 4.87. The van der Waals surface area contributed by atoms with Gasteiger partial charge in [0.15, 0.2) is 0 Å². The summed E-state index contributed by atoms with van der Waals surface area (Å²) in [6.45, 7) is 6.73. The molecule has 36 heavy (non-hydrogen) atoms. The first-order valence-corrected chi connectivity index (χ1v) is 13.6. The molecule has 1 saturated carbocycles. The van der Waals surface area contributed by atoms with Crippen LogP contribution < -0.4 is 5.43 Å². The average Bonchev–Trinajstić information content (AvgIpc) is 3.36. The molecule has 1 aliphatic carbocycles. The van der Waals surface area contributed by atoms with Gasteiger partial charge in [-0.05, 0) is 37.3 Å². The van der Waals surface area contributed by atoms with Crippen molar-refractivity contribution in [1.29, 1.82) is 0 Å². The smallest absolute Gasteiger partial charge is 0.270 e. The van der Waals surface area contributed by atoms with Crippen molar-refractivity contribution in [2.45, 2.75) is 75.3 Å². The van der Waals surface area contributed by atoms with Crippen molar-refractivity contribution >= 4 is 15.7 Å². The van der Waals surface area contributed by atoms with Crippen molar-refractivity contribution in [3.8, 4) is 0 Å². The number of nitrogens with zero attached hydrogens (tertiary/aromatic N) is 3. The van der Waals surface area contributed by atoms with E-state index >= 15 is 0 Å². The van der Waals surface area contributed by atoms with Crippen molar-refractivity contribution in [1.82, 2.24) is 19.8 Å². The summed E-state index contributed by atoms with van der Waals surface area (Å²) in [6, 6.07) is 14.5. The third kappa shape index (κ3) is 5.83. The predicted octanol–water partition coefficient (Wildman–Crippen LogP) is 5.04. The Morgan fingerprint density at radius 2 is 1.78 bits per heavy atom. The SMILES string of the molecule is CC(C)(C)c1cnc(C2CCC(N(NCc3ccccc3)S(=O)(=O)c3cccc([N+](=O)[O-])c3)CC2)[nH]1. The number of aromatic nitrogens is 2. The highest BCUT2D eigenvalue weighted by atomic mass is 32.2. The summed E-state index contributed by atoms with van der Waals surface area (Å²) < 4.78 is 28.7. The molecule has 1 aromatic heterocycles. The monoisotopic (exact) mass is 511 g/mol. The summed E-state index contributed by atoms with van der Waals surface area (Å²) in [5.74, 6) is 1.18. The lowest BCUT2D eigenvalue weighted by molar-refractivity contribution is -0.385. The lowest BCUT2D eigenvalue weighted by Crippen LogP contribution is -2.50. The zero-order chi connectivity index (χ0) is 25.9. The summed E-state index contributed by atoms with van der Waals surface area (Å²) in [6.07, 6.45) is 4.76. The van der Waals surface area contributed by atoms with Crippen LogP contribution in [-0.4, -0.2) is 33.8 Å². The first kappa shape index (κ1) is 26.0. The van der Waals surface area contributed by atoms with Crippen molar-refractivity contribution in [3.63, 3.8) is 0 Å². The summed E-state index contributed by atoms with van der Waals surface area (Å²) in [7, 11) is -4.03. The molecule has 0 amide bonds. The second-order valence-electron chi connectivity index (χ2n) is 10.3. The number of aromatic amines is 1. The molecule has 0 unspecified atom stereocenters. The number of nitro groups is 1. The van der Waals surface area contributed by atoms with Gasteiger partial charge >= 0.3 is 0 Å². The molecule has 0 spiro atoms. The quantitative estimate of drug-likeness (QED) is 0.323. The molecule has 0 saturated heterocycles. The van der Waals surface area contributed by atoms with Gasteiger partial charge in [-0.1, -0.05) is 57.2 Å². The first-order valence-electron chi connectivity index (χ1n) is 12.2. The molecule has 0 bridgehead atoms. The lowest BCUT2D eigenvalue weighted by atomic mass is 9.86. The standard InChI is InChI=1S/C26H33N5O4S/c1-26(2,3)24-18-27-25(29-24)20-12-14-21(15-13-20)30(28-17-19-8-5-4-6-9-19)36(34,35)23-11-7-10-22(16-23)31(32)33/h4-11,16,18,20-21,28H,12-15,17H2,1-3H3,(H,27,29). The molecule has 10 heteroatoms. The summed E-state index contributed by atoms with van der Waals surface area (Å²) >= 11 is 0. The Bertz CT molecular complexity index is 1290. The fourth-order valence-corrected chi connectivity index (χ4v) is 6.14. The van der Waals surface area contributed by atoms with Crippen molar-refractivity contribution < 1.29 is 13.3 Å². The van der Waals surface area contributed by atoms with Gasteiger partial charge in [-0.15, -0.1) is 4.41 Å². The molecule has 0 radical (unpaired) electrons. The van der Waals surface area contributed by atoms with E-state index in [9.17, 15) is 18.5 Å². The van der Waals surface area contributed by atoms with Crippen LogP contribution in [0.5, 0.6) is 0 Å². The maximum absolute atomic E-state index is 13.7. The third-order valence-electron chi connectivity index (χ3n) is 6.69. The number of hydrogen-bond acceptors (Lipinski definition) is 6. The highest BCUT2D eigenvalue weighted by molar-refractivity contribution is 7.89. The van der Waals surface area contributed by atoms with E-state index in [4.69, 9.17) is 0 Å². The van der Waals surface area contributed by atoms with Gasteiger partial charge in [0.2, 0.25) is 0 Å². The maximum Gasteiger partial charge on any atom is 0.270 e. The number of rotatable bonds is 8. The number of H-pyrrole nitrogens is 1. The van der Waals surface area contributed by atoms with Crippen LogP contribution in [0.3, 0.4) is 0 Å². The average molecular weight is 512 g/mol. The van der Waals surface area contributed by atoms with Crippen molar-refractivity contribution in [3.05, 3.63) is 88.0 Å². The lowest BCUT2D eigenvalue weighted by Gasteiger charge is -2.35. The highest BCUT2D eigenvalue weighted by Gasteiger charge is 2.36. The number of hydrogen-bond donors (Lipinski definition) is 2. The molecule has 1 aliphatic rings. The van der Waals surface area contributed by atoms with E-state index in [0.717, 1.165) is 36.0 Å². The molecule has 3 aromatic rings. The minimum Gasteiger partial charge on any atom is -0.345 e. The van der Waals surface area contributed by atoms with E-state index in [-0.39, 0.29) is 28.0 Å². The topological polar surface area (TPSA) is 121 Å². The number of non-ortho nitro benzene ring substituents is 1. The molecule has 0 aliphatic heterocycles. The van der Waals surface area contributed by atoms with Gasteiger partial charge in [0, 0.05) is 47.9 Å². The Labute approximate surface area is 212 Å². The van der Waals surface area contributed by atoms with Crippen LogP contribution >= 0.6 is 0 Å². The van der Waals surface area contributed by atoms with E-state index in [0.29, 0.717) is 19.4 Å². The molecule has 192 valence electrons. The Morgan fingerprint density at radius 3 is 2.39 bits per heavy atom. The van der Waals surface area contributed by atoms with Gasteiger partial charge in [-0.3, -0.25) is 10.1 Å². The van der Waals surface area contributed by atoms with Gasteiger partial charge in [0.1, 0.15) is 5.82 Å². The number of nitro benzene ring substituents is 1. The molecule has 4 rings (SSSR count). The molecular formula is C26H33N5O4S. The number of nitrogens with one attached hydrogen (secondary N) is 2. The second kappa shape index (κ2) is 10.5. The van der Waals surface area contributed by atoms with Crippen LogP contribution in [0.2, 0.25) is 0 Å². The molecular weight excluding hydrogens is 478 g/mol. The zero-order valence-corrected chi connectivity index (χ0v) is 21.7. The minimum absolute atomic E-state index is 0.0209. The third-order valence-corrected chi connectivity index (χ3v) is 8.48. The van der Waals surface area contributed by atoms with Crippen LogP contribution in [0.1, 0.15) is 69.5 Å². The van der Waals surface area contributed by atoms with E-state index in [2.05, 4.69) is 36.2 Å². The largest absolute Gasteiger partial charge is 0.345 e. The van der Waals surface area contributed by atoms with Crippen molar-refractivity contribution in [2.24, 2.45) is 0 Å². The Balaban J connectivity index is 1.56. The summed E-state index contributed by atoms with van der Waals surface area (Å²) in [4.78, 5) is 18.7. The Hall–Kier alpha value is -3.08. The van der Waals surface area contributed by atoms with E-state index in [1.165, 1.54) is 22.6 Å². The predicted molar refractivity (Wildman–Crippen MR) is 138 cm³/mol. The Kier molecular flexibility index (Phi) is 7.58. The summed E-state index contributed by atoms with van der Waals surface area (Å²) in [5, 5.41) is 11.3. The van der Waals surface area contributed by atoms with Crippen LogP contribution in [0.25, 0.3) is 0 Å². The second-order valence-corrected chi connectivity index (χ2v) is 12.1. The van der Waals surface area contributed by atoms with Gasteiger partial charge in [0.25, 0.3) is 15.7 Å². The first-order chi connectivity index (χ1) is 17.1. The van der Waals surface area contributed by atoms with Crippen LogP contribution in [0.4, 0.5) is 5.69 Å². The van der Waals surface area contributed by atoms with E-state index < -0.39 is 14.9 Å². The molecule has 9 nitrogen and oxygen atoms in total. The molecule has 0 atom stereocenters. The van der Waals surface area contributed by atoms with Crippen LogP contribution in [-0.2, 0) is 22.0 Å². The van der Waals surface area contributed by atoms with Gasteiger partial charge in [0.05, 0.1) is 9.82 Å². The van der Waals surface area contributed by atoms with Gasteiger partial charge in [-0.2, -0.15) is 0 Å². The van der Waals surface area contributed by atoms with Crippen LogP contribution in [0, 0.1) is 10.1 Å². The fraction of sp³-hybridized carbons (Fsp3) is 0.423. The maximum atomic E-state index is 13.7. The minimum atomic E-state index is -4.03. The zero-order valence-electron chi connectivity index (χ0n) is 20.8. The van der Waals surface area contributed by atoms with Crippen molar-refractivity contribution in [2.75, 3.05) is 0 Å². The number of imidazole rings is 1. The highest BCUT2D eigenvalue weighted by Crippen LogP contribution is 2.36. The van der Waals surface area contributed by atoms with Crippen LogP contribution in [0.15, 0.2) is 65.7 Å². The number of sulfonamides is 1. The molecule has 2 aromatic carbocycles. The van der Waals surface area contributed by atoms with Gasteiger partial charge in [-0.25, -0.2) is 18.8 Å². The van der Waals surface area contributed by atoms with Gasteiger partial charge < -0.3 is 4.98 Å². The number of hydrazine groups is 1. The molecule has 2 N–H and O–H groups in total. The van der Waals surface area contributed by atoms with E-state index in [1.807, 2.05) is 36.5 Å². The normalized spacial score (nSPS) is 18.9. The van der Waals surface area contributed by atoms with E-state index in [1.54, 1.807) is 0 Å². The molecule has 1 fully saturated rings. The number of benzene rings is 2. The Morgan fingerprint density at radius 1 is 1.08 bits per heavy atom. The molecule has 1 heterocycles.